The molecule has 0 spiro atoms. The van der Waals surface area contributed by atoms with Gasteiger partial charge in [0.2, 0.25) is 0 Å². The summed E-state index contributed by atoms with van der Waals surface area (Å²) >= 11 is 0. The van der Waals surface area contributed by atoms with Crippen molar-refractivity contribution < 1.29 is 25.8 Å². The number of rotatable bonds is 13. The molecule has 6 aromatic carbocycles. The summed E-state index contributed by atoms with van der Waals surface area (Å²) in [6, 6.07) is 58.4. The van der Waals surface area contributed by atoms with E-state index in [0.29, 0.717) is 23.3 Å². The number of aryl methyl sites for hydroxylation is 2. The fourth-order valence-electron chi connectivity index (χ4n) is 8.34. The average Bonchev–Trinajstić information content (AvgIpc) is 3.80. The summed E-state index contributed by atoms with van der Waals surface area (Å²) in [5, 5.41) is 7.79. The van der Waals surface area contributed by atoms with E-state index in [4.69, 9.17) is 14.8 Å². The second-order valence-electron chi connectivity index (χ2n) is 16.6. The summed E-state index contributed by atoms with van der Waals surface area (Å²) < 4.78 is 11.0. The minimum Gasteiger partial charge on any atom is -0.509 e. The molecule has 9 aromatic rings. The minimum atomic E-state index is 0. The number of fused-ring (bicyclic) bond motifs is 3. The minimum absolute atomic E-state index is 0. The van der Waals surface area contributed by atoms with Crippen LogP contribution >= 0.6 is 0 Å². The summed E-state index contributed by atoms with van der Waals surface area (Å²) in [7, 11) is 0. The van der Waals surface area contributed by atoms with Crippen molar-refractivity contribution >= 4 is 21.8 Å². The first-order chi connectivity index (χ1) is 29.3. The van der Waals surface area contributed by atoms with Crippen molar-refractivity contribution in [2.75, 3.05) is 0 Å². The van der Waals surface area contributed by atoms with E-state index < -0.39 is 0 Å². The number of ether oxygens (including phenoxy) is 1. The van der Waals surface area contributed by atoms with Gasteiger partial charge in [0.1, 0.15) is 5.82 Å². The van der Waals surface area contributed by atoms with Gasteiger partial charge in [-0.2, -0.15) is 17.2 Å². The van der Waals surface area contributed by atoms with E-state index in [1.807, 2.05) is 30.5 Å². The van der Waals surface area contributed by atoms with Crippen LogP contribution in [0.1, 0.15) is 57.5 Å². The molecule has 0 saturated heterocycles. The van der Waals surface area contributed by atoms with Crippen LogP contribution in [0.15, 0.2) is 152 Å². The Morgan fingerprint density at radius 2 is 1.25 bits per heavy atom. The van der Waals surface area contributed by atoms with Gasteiger partial charge < -0.3 is 9.30 Å². The SMILES string of the molecule is Cc1ccnc(-n2c3[c-]c(Oc4[c-]c(-n5nc(CCC(C)C)c(-c6c(-c7ccccc7)cccc6-c6ccccc6)c5CCC(C)C)ccc4)ccc3c3ccccc32)c1.[Pt+2]. The Kier molecular flexibility index (Phi) is 12.5. The van der Waals surface area contributed by atoms with Gasteiger partial charge in [0.15, 0.2) is 0 Å². The molecule has 0 aliphatic heterocycles. The Bertz CT molecular complexity index is 2870. The third kappa shape index (κ3) is 8.63. The molecule has 306 valence electrons. The van der Waals surface area contributed by atoms with Gasteiger partial charge in [-0.3, -0.25) is 4.68 Å². The Morgan fingerprint density at radius 3 is 1.93 bits per heavy atom. The smallest absolute Gasteiger partial charge is 0.509 e. The van der Waals surface area contributed by atoms with Crippen molar-refractivity contribution in [2.45, 2.75) is 60.3 Å². The van der Waals surface area contributed by atoms with Crippen molar-refractivity contribution in [3.8, 4) is 56.4 Å². The molecule has 0 atom stereocenters. The summed E-state index contributed by atoms with van der Waals surface area (Å²) in [4.78, 5) is 4.76. The zero-order chi connectivity index (χ0) is 41.2. The van der Waals surface area contributed by atoms with Crippen LogP contribution in [0.4, 0.5) is 0 Å². The molecule has 3 heterocycles. The molecule has 61 heavy (non-hydrogen) atoms. The molecule has 0 aliphatic rings. The zero-order valence-corrected chi connectivity index (χ0v) is 37.7. The molecule has 9 rings (SSSR count). The van der Waals surface area contributed by atoms with Crippen LogP contribution in [0.3, 0.4) is 0 Å². The quantitative estimate of drug-likeness (QED) is 0.108. The normalized spacial score (nSPS) is 11.5. The molecule has 6 heteroatoms. The van der Waals surface area contributed by atoms with Crippen LogP contribution in [0.5, 0.6) is 11.5 Å². The molecular weight excluding hydrogens is 928 g/mol. The number of nitrogens with zero attached hydrogens (tertiary/aromatic N) is 4. The molecule has 0 amide bonds. The molecule has 0 saturated carbocycles. The van der Waals surface area contributed by atoms with Crippen molar-refractivity contribution in [1.29, 1.82) is 0 Å². The van der Waals surface area contributed by atoms with Gasteiger partial charge in [-0.05, 0) is 102 Å². The van der Waals surface area contributed by atoms with Crippen molar-refractivity contribution in [3.63, 3.8) is 0 Å². The summed E-state index contributed by atoms with van der Waals surface area (Å²) in [6.07, 6.45) is 5.63. The monoisotopic (exact) mass is 977 g/mol. The van der Waals surface area contributed by atoms with Crippen molar-refractivity contribution in [1.82, 2.24) is 19.3 Å². The molecule has 0 radical (unpaired) electrons. The second-order valence-corrected chi connectivity index (χ2v) is 16.6. The second kappa shape index (κ2) is 18.3. The number of pyridine rings is 1. The van der Waals surface area contributed by atoms with Crippen LogP contribution in [-0.4, -0.2) is 19.3 Å². The Morgan fingerprint density at radius 1 is 0.607 bits per heavy atom. The van der Waals surface area contributed by atoms with Gasteiger partial charge in [-0.15, -0.1) is 35.7 Å². The average molecular weight is 978 g/mol. The van der Waals surface area contributed by atoms with Gasteiger partial charge in [-0.25, -0.2) is 4.98 Å². The number of hydrogen-bond acceptors (Lipinski definition) is 3. The van der Waals surface area contributed by atoms with Crippen molar-refractivity contribution in [3.05, 3.63) is 181 Å². The van der Waals surface area contributed by atoms with Crippen LogP contribution in [-0.2, 0) is 33.9 Å². The van der Waals surface area contributed by atoms with Crippen LogP contribution in [0.2, 0.25) is 0 Å². The van der Waals surface area contributed by atoms with E-state index in [9.17, 15) is 0 Å². The van der Waals surface area contributed by atoms with E-state index in [1.165, 1.54) is 39.1 Å². The Labute approximate surface area is 374 Å². The maximum atomic E-state index is 6.67. The predicted molar refractivity (Wildman–Crippen MR) is 247 cm³/mol. The summed E-state index contributed by atoms with van der Waals surface area (Å²) in [6.45, 7) is 11.3. The first-order valence-corrected chi connectivity index (χ1v) is 21.3. The fraction of sp³-hybridized carbons (Fsp3) is 0.200. The number of aromatic nitrogens is 4. The first-order valence-electron chi connectivity index (χ1n) is 21.3. The van der Waals surface area contributed by atoms with E-state index in [2.05, 4.69) is 177 Å². The summed E-state index contributed by atoms with van der Waals surface area (Å²) in [5.41, 5.74) is 13.5. The third-order valence-electron chi connectivity index (χ3n) is 11.3. The van der Waals surface area contributed by atoms with Gasteiger partial charge in [-0.1, -0.05) is 130 Å². The molecule has 0 unspecified atom stereocenters. The molecular formula is C55H50N4OPt. The van der Waals surface area contributed by atoms with Crippen LogP contribution < -0.4 is 4.74 Å². The molecule has 5 nitrogen and oxygen atoms in total. The van der Waals surface area contributed by atoms with Gasteiger partial charge in [0.25, 0.3) is 0 Å². The van der Waals surface area contributed by atoms with Crippen molar-refractivity contribution in [2.24, 2.45) is 11.8 Å². The number of para-hydroxylation sites is 1. The fourth-order valence-corrected chi connectivity index (χ4v) is 8.34. The largest absolute Gasteiger partial charge is 2.00 e. The van der Waals surface area contributed by atoms with E-state index >= 15 is 0 Å². The summed E-state index contributed by atoms with van der Waals surface area (Å²) in [5.74, 6) is 3.09. The van der Waals surface area contributed by atoms with Gasteiger partial charge >= 0.3 is 21.1 Å². The Hall–Kier alpha value is -6.03. The molecule has 0 bridgehead atoms. The maximum Gasteiger partial charge on any atom is 2.00 e. The molecule has 0 N–H and O–H groups in total. The number of benzene rings is 6. The molecule has 3 aromatic heterocycles. The van der Waals surface area contributed by atoms with E-state index in [1.54, 1.807) is 0 Å². The standard InChI is InChI=1S/C55H50N4O.Pt/c1-37(2)26-30-49-55(54-45(40-16-8-6-9-17-40)23-15-24-46(54)41-18-10-7-11-19-41)51(31-27-38(3)4)59(57-49)42-20-14-21-43(35-42)60-44-28-29-48-47-22-12-13-25-50(47)58(52(48)36-44)53-34-39(5)32-33-56-53;/h6-25,28-29,32-34,37-38H,26-27,30-31H2,1-5H3;/q-2;+2. The number of hydrogen-bond donors (Lipinski definition) is 0. The Balaban J connectivity index is 0.00000514. The van der Waals surface area contributed by atoms with Crippen LogP contribution in [0, 0.1) is 30.9 Å². The third-order valence-corrected chi connectivity index (χ3v) is 11.3. The van der Waals surface area contributed by atoms with Gasteiger partial charge in [0, 0.05) is 40.0 Å². The maximum absolute atomic E-state index is 6.67. The predicted octanol–water partition coefficient (Wildman–Crippen LogP) is 14.2. The van der Waals surface area contributed by atoms with E-state index in [-0.39, 0.29) is 21.1 Å². The first kappa shape index (κ1) is 41.7. The zero-order valence-electron chi connectivity index (χ0n) is 35.4. The van der Waals surface area contributed by atoms with Crippen LogP contribution in [0.25, 0.3) is 66.7 Å². The molecule has 0 aliphatic carbocycles. The van der Waals surface area contributed by atoms with E-state index in [0.717, 1.165) is 70.3 Å². The topological polar surface area (TPSA) is 44.9 Å². The molecule has 0 fully saturated rings. The van der Waals surface area contributed by atoms with Gasteiger partial charge in [0.05, 0.1) is 5.69 Å².